The summed E-state index contributed by atoms with van der Waals surface area (Å²) in [6.45, 7) is 1.40. The maximum atomic E-state index is 12.9. The van der Waals surface area contributed by atoms with Gasteiger partial charge in [-0.15, -0.1) is 0 Å². The van der Waals surface area contributed by atoms with Crippen LogP contribution in [0.1, 0.15) is 10.6 Å². The average molecular weight is 365 g/mol. The van der Waals surface area contributed by atoms with Gasteiger partial charge in [0.05, 0.1) is 32.3 Å². The summed E-state index contributed by atoms with van der Waals surface area (Å²) in [5.74, 6) is -0.0353. The molecule has 0 aliphatic carbocycles. The summed E-state index contributed by atoms with van der Waals surface area (Å²) in [4.78, 5) is 26.6. The zero-order valence-electron chi connectivity index (χ0n) is 13.6. The Morgan fingerprint density at radius 3 is 2.96 bits per heavy atom. The zero-order valence-corrected chi connectivity index (χ0v) is 14.3. The Bertz CT molecular complexity index is 849. The topological polar surface area (TPSA) is 81.0 Å². The SMILES string of the molecule is COc1cc(Cl)cc2cc(C(=O)N3C[C@H]4COC[C@@H](C3)C(=O)N4)oc12. The second-order valence-electron chi connectivity index (χ2n) is 6.29. The number of halogens is 1. The van der Waals surface area contributed by atoms with Crippen molar-refractivity contribution in [1.29, 1.82) is 0 Å². The quantitative estimate of drug-likeness (QED) is 0.877. The number of amides is 2. The minimum atomic E-state index is -0.371. The Balaban J connectivity index is 1.66. The number of hydrogen-bond acceptors (Lipinski definition) is 5. The molecule has 4 rings (SSSR count). The van der Waals surface area contributed by atoms with Crippen molar-refractivity contribution in [3.63, 3.8) is 0 Å². The van der Waals surface area contributed by atoms with E-state index in [-0.39, 0.29) is 29.5 Å². The van der Waals surface area contributed by atoms with Gasteiger partial charge >= 0.3 is 0 Å². The number of carbonyl (C=O) groups excluding carboxylic acids is 2. The number of hydrogen-bond donors (Lipinski definition) is 1. The maximum absolute atomic E-state index is 12.9. The summed E-state index contributed by atoms with van der Waals surface area (Å²) in [6, 6.07) is 4.80. The molecule has 2 amide bonds. The van der Waals surface area contributed by atoms with Crippen LogP contribution in [0.4, 0.5) is 0 Å². The number of benzene rings is 1. The lowest BCUT2D eigenvalue weighted by molar-refractivity contribution is -0.125. The molecular weight excluding hydrogens is 348 g/mol. The van der Waals surface area contributed by atoms with Crippen LogP contribution in [0.25, 0.3) is 11.0 Å². The monoisotopic (exact) mass is 364 g/mol. The molecule has 132 valence electrons. The van der Waals surface area contributed by atoms with Crippen LogP contribution in [-0.2, 0) is 9.53 Å². The number of ether oxygens (including phenoxy) is 2. The van der Waals surface area contributed by atoms with Gasteiger partial charge in [-0.25, -0.2) is 0 Å². The van der Waals surface area contributed by atoms with E-state index in [1.807, 2.05) is 0 Å². The first kappa shape index (κ1) is 16.2. The predicted molar refractivity (Wildman–Crippen MR) is 89.9 cm³/mol. The number of carbonyl (C=O) groups is 2. The Hall–Kier alpha value is -2.25. The second kappa shape index (κ2) is 6.24. The van der Waals surface area contributed by atoms with Gasteiger partial charge in [-0.1, -0.05) is 11.6 Å². The molecule has 1 N–H and O–H groups in total. The summed E-state index contributed by atoms with van der Waals surface area (Å²) in [5, 5.41) is 4.10. The van der Waals surface area contributed by atoms with E-state index in [1.54, 1.807) is 23.1 Å². The van der Waals surface area contributed by atoms with Gasteiger partial charge in [0.15, 0.2) is 17.1 Å². The number of rotatable bonds is 2. The van der Waals surface area contributed by atoms with Crippen molar-refractivity contribution in [2.24, 2.45) is 5.92 Å². The first-order valence-electron chi connectivity index (χ1n) is 7.99. The molecule has 2 aliphatic rings. The number of nitrogens with zero attached hydrogens (tertiary/aromatic N) is 1. The van der Waals surface area contributed by atoms with Gasteiger partial charge in [-0.2, -0.15) is 0 Å². The van der Waals surface area contributed by atoms with Crippen LogP contribution in [0.15, 0.2) is 22.6 Å². The molecule has 25 heavy (non-hydrogen) atoms. The van der Waals surface area contributed by atoms with Crippen LogP contribution >= 0.6 is 11.6 Å². The third kappa shape index (κ3) is 2.94. The van der Waals surface area contributed by atoms with Crippen LogP contribution in [0.2, 0.25) is 5.02 Å². The highest BCUT2D eigenvalue weighted by atomic mass is 35.5. The smallest absolute Gasteiger partial charge is 0.289 e. The maximum Gasteiger partial charge on any atom is 0.289 e. The molecule has 0 spiro atoms. The molecule has 2 aliphatic heterocycles. The van der Waals surface area contributed by atoms with E-state index in [4.69, 9.17) is 25.5 Å². The highest BCUT2D eigenvalue weighted by Crippen LogP contribution is 2.33. The molecule has 2 atom stereocenters. The molecule has 0 saturated carbocycles. The minimum Gasteiger partial charge on any atom is -0.493 e. The van der Waals surface area contributed by atoms with Crippen molar-refractivity contribution >= 4 is 34.4 Å². The first-order chi connectivity index (χ1) is 12.0. The van der Waals surface area contributed by atoms with E-state index in [2.05, 4.69) is 5.32 Å². The lowest BCUT2D eigenvalue weighted by Gasteiger charge is -2.26. The van der Waals surface area contributed by atoms with Crippen LogP contribution in [0.5, 0.6) is 5.75 Å². The summed E-state index contributed by atoms with van der Waals surface area (Å²) in [7, 11) is 1.52. The molecule has 0 unspecified atom stereocenters. The van der Waals surface area contributed by atoms with E-state index in [0.717, 1.165) is 0 Å². The highest BCUT2D eigenvalue weighted by Gasteiger charge is 2.36. The van der Waals surface area contributed by atoms with Gasteiger partial charge in [0.1, 0.15) is 0 Å². The Kier molecular flexibility index (Phi) is 4.05. The fraction of sp³-hybridized carbons (Fsp3) is 0.412. The van der Waals surface area contributed by atoms with Gasteiger partial charge in [0.2, 0.25) is 5.91 Å². The molecule has 2 bridgehead atoms. The minimum absolute atomic E-state index is 0.0733. The van der Waals surface area contributed by atoms with E-state index in [9.17, 15) is 9.59 Å². The summed E-state index contributed by atoms with van der Waals surface area (Å²) in [5.41, 5.74) is 0.475. The van der Waals surface area contributed by atoms with E-state index >= 15 is 0 Å². The molecule has 2 fully saturated rings. The largest absolute Gasteiger partial charge is 0.493 e. The fourth-order valence-electron chi connectivity index (χ4n) is 3.29. The van der Waals surface area contributed by atoms with Gasteiger partial charge in [-0.05, 0) is 12.1 Å². The Labute approximate surface area is 148 Å². The number of furan rings is 1. The van der Waals surface area contributed by atoms with Crippen LogP contribution < -0.4 is 10.1 Å². The number of fused-ring (bicyclic) bond motifs is 4. The van der Waals surface area contributed by atoms with Crippen LogP contribution in [0.3, 0.4) is 0 Å². The van der Waals surface area contributed by atoms with Gasteiger partial charge in [-0.3, -0.25) is 9.59 Å². The van der Waals surface area contributed by atoms with E-state index < -0.39 is 0 Å². The van der Waals surface area contributed by atoms with E-state index in [1.165, 1.54) is 7.11 Å². The third-order valence-electron chi connectivity index (χ3n) is 4.50. The van der Waals surface area contributed by atoms with Gasteiger partial charge in [0.25, 0.3) is 5.91 Å². The third-order valence-corrected chi connectivity index (χ3v) is 4.72. The molecule has 2 aromatic rings. The van der Waals surface area contributed by atoms with E-state index in [0.29, 0.717) is 48.0 Å². The van der Waals surface area contributed by atoms with Crippen molar-refractivity contribution in [3.8, 4) is 5.75 Å². The molecule has 1 aromatic heterocycles. The number of nitrogens with one attached hydrogen (secondary N) is 1. The summed E-state index contributed by atoms with van der Waals surface area (Å²) in [6.07, 6.45) is 0. The summed E-state index contributed by atoms with van der Waals surface area (Å²) >= 11 is 6.07. The molecule has 7 nitrogen and oxygen atoms in total. The second-order valence-corrected chi connectivity index (χ2v) is 6.72. The lowest BCUT2D eigenvalue weighted by Crippen LogP contribution is -2.44. The first-order valence-corrected chi connectivity index (χ1v) is 8.37. The standard InChI is InChI=1S/C17H17ClN2O5/c1-23-13-4-11(18)2-9-3-14(25-15(9)13)17(22)20-5-10-7-24-8-12(6-20)19-16(10)21/h2-4,10,12H,5-8H2,1H3,(H,19,21)/t10-,12+/m1/s1. The lowest BCUT2D eigenvalue weighted by atomic mass is 10.1. The Morgan fingerprint density at radius 1 is 1.32 bits per heavy atom. The van der Waals surface area contributed by atoms with Crippen molar-refractivity contribution in [2.45, 2.75) is 6.04 Å². The molecule has 8 heteroatoms. The van der Waals surface area contributed by atoms with Gasteiger partial charge < -0.3 is 24.1 Å². The number of methoxy groups -OCH3 is 1. The normalized spacial score (nSPS) is 23.3. The summed E-state index contributed by atoms with van der Waals surface area (Å²) < 4.78 is 16.5. The Morgan fingerprint density at radius 2 is 2.16 bits per heavy atom. The van der Waals surface area contributed by atoms with Crippen LogP contribution in [0, 0.1) is 5.92 Å². The van der Waals surface area contributed by atoms with Crippen molar-refractivity contribution in [3.05, 3.63) is 29.0 Å². The van der Waals surface area contributed by atoms with Crippen molar-refractivity contribution in [1.82, 2.24) is 10.2 Å². The zero-order chi connectivity index (χ0) is 17.6. The van der Waals surface area contributed by atoms with Crippen LogP contribution in [-0.4, -0.2) is 56.2 Å². The highest BCUT2D eigenvalue weighted by molar-refractivity contribution is 6.31. The van der Waals surface area contributed by atoms with Crippen molar-refractivity contribution < 1.29 is 23.5 Å². The average Bonchev–Trinajstić information content (AvgIpc) is 2.82. The van der Waals surface area contributed by atoms with Crippen molar-refractivity contribution in [2.75, 3.05) is 33.4 Å². The predicted octanol–water partition coefficient (Wildman–Crippen LogP) is 1.68. The molecule has 3 heterocycles. The molecule has 2 saturated heterocycles. The van der Waals surface area contributed by atoms with Gasteiger partial charge in [0, 0.05) is 29.6 Å². The molecule has 0 radical (unpaired) electrons. The molecule has 1 aromatic carbocycles. The fourth-order valence-corrected chi connectivity index (χ4v) is 3.51. The molecular formula is C17H17ClN2O5.